The summed E-state index contributed by atoms with van der Waals surface area (Å²) in [6, 6.07) is 19.1. The van der Waals surface area contributed by atoms with Gasteiger partial charge in [-0.25, -0.2) is 9.18 Å². The molecule has 0 saturated heterocycles. The molecule has 0 radical (unpaired) electrons. The number of nitrogens with zero attached hydrogens (tertiary/aromatic N) is 1. The van der Waals surface area contributed by atoms with Crippen LogP contribution < -0.4 is 10.1 Å². The van der Waals surface area contributed by atoms with Crippen molar-refractivity contribution in [3.63, 3.8) is 0 Å². The molecule has 0 atom stereocenters. The van der Waals surface area contributed by atoms with Crippen LogP contribution in [0.1, 0.15) is 21.5 Å². The molecule has 3 aromatic rings. The predicted octanol–water partition coefficient (Wildman–Crippen LogP) is 5.50. The van der Waals surface area contributed by atoms with Gasteiger partial charge in [0.2, 0.25) is 0 Å². The van der Waals surface area contributed by atoms with Gasteiger partial charge in [-0.3, -0.25) is 4.79 Å². The lowest BCUT2D eigenvalue weighted by Gasteiger charge is -2.11. The molecule has 0 aliphatic carbocycles. The number of nitrogens with one attached hydrogen (secondary N) is 1. The highest BCUT2D eigenvalue weighted by atomic mass is 79.9. The van der Waals surface area contributed by atoms with E-state index in [2.05, 4.69) is 26.0 Å². The Morgan fingerprint density at radius 2 is 1.79 bits per heavy atom. The monoisotopic (exact) mass is 508 g/mol. The second-order valence-corrected chi connectivity index (χ2v) is 7.71. The van der Waals surface area contributed by atoms with Crippen LogP contribution in [0.25, 0.3) is 6.08 Å². The average molecular weight is 509 g/mol. The minimum atomic E-state index is -0.618. The average Bonchev–Trinajstić information content (AvgIpc) is 2.82. The van der Waals surface area contributed by atoms with Gasteiger partial charge < -0.3 is 14.8 Å². The van der Waals surface area contributed by atoms with Crippen LogP contribution in [0.2, 0.25) is 0 Å². The standard InChI is InChI=1S/C25H18BrFN2O4/c1-32-25(31)17-4-9-22(10-5-17)29-24(30)19(14-28)12-18-13-20(26)6-11-23(18)33-15-16-2-7-21(27)8-3-16/h2-13H,15H2,1H3,(H,29,30)/b19-12+. The highest BCUT2D eigenvalue weighted by Gasteiger charge is 2.13. The van der Waals surface area contributed by atoms with Gasteiger partial charge in [0.15, 0.2) is 0 Å². The van der Waals surface area contributed by atoms with Crippen molar-refractivity contribution >= 4 is 39.6 Å². The van der Waals surface area contributed by atoms with Gasteiger partial charge in [0.05, 0.1) is 12.7 Å². The van der Waals surface area contributed by atoms with E-state index in [0.717, 1.165) is 10.0 Å². The van der Waals surface area contributed by atoms with E-state index in [0.29, 0.717) is 22.6 Å². The molecule has 0 heterocycles. The number of carbonyl (C=O) groups excluding carboxylic acids is 2. The molecule has 0 bridgehead atoms. The van der Waals surface area contributed by atoms with Gasteiger partial charge in [-0.15, -0.1) is 0 Å². The molecule has 3 rings (SSSR count). The van der Waals surface area contributed by atoms with Crippen molar-refractivity contribution in [2.75, 3.05) is 12.4 Å². The Morgan fingerprint density at radius 3 is 2.42 bits per heavy atom. The van der Waals surface area contributed by atoms with Crippen molar-refractivity contribution < 1.29 is 23.5 Å². The van der Waals surface area contributed by atoms with E-state index < -0.39 is 11.9 Å². The van der Waals surface area contributed by atoms with E-state index in [1.54, 1.807) is 30.3 Å². The van der Waals surface area contributed by atoms with E-state index in [4.69, 9.17) is 4.74 Å². The third-order valence-corrected chi connectivity index (χ3v) is 5.00. The van der Waals surface area contributed by atoms with Crippen LogP contribution in [-0.2, 0) is 16.1 Å². The van der Waals surface area contributed by atoms with Crippen molar-refractivity contribution in [3.05, 3.63) is 99.3 Å². The highest BCUT2D eigenvalue weighted by Crippen LogP contribution is 2.27. The van der Waals surface area contributed by atoms with Crippen LogP contribution in [0.15, 0.2) is 76.8 Å². The quantitative estimate of drug-likeness (QED) is 0.258. The number of hydrogen-bond donors (Lipinski definition) is 1. The third kappa shape index (κ3) is 6.51. The summed E-state index contributed by atoms with van der Waals surface area (Å²) >= 11 is 3.38. The van der Waals surface area contributed by atoms with Crippen LogP contribution in [0.5, 0.6) is 5.75 Å². The molecule has 0 unspecified atom stereocenters. The topological polar surface area (TPSA) is 88.4 Å². The maximum Gasteiger partial charge on any atom is 0.337 e. The number of benzene rings is 3. The zero-order chi connectivity index (χ0) is 23.8. The summed E-state index contributed by atoms with van der Waals surface area (Å²) in [4.78, 5) is 24.2. The van der Waals surface area contributed by atoms with Gasteiger partial charge >= 0.3 is 5.97 Å². The van der Waals surface area contributed by atoms with Gasteiger partial charge in [0.1, 0.15) is 29.8 Å². The lowest BCUT2D eigenvalue weighted by Crippen LogP contribution is -2.13. The molecule has 0 aromatic heterocycles. The molecular formula is C25H18BrFN2O4. The Balaban J connectivity index is 1.78. The first kappa shape index (κ1) is 23.7. The van der Waals surface area contributed by atoms with Crippen LogP contribution in [-0.4, -0.2) is 19.0 Å². The van der Waals surface area contributed by atoms with Gasteiger partial charge in [0, 0.05) is 15.7 Å². The normalized spacial score (nSPS) is 10.8. The van der Waals surface area contributed by atoms with Gasteiger partial charge in [-0.05, 0) is 66.2 Å². The number of rotatable bonds is 7. The summed E-state index contributed by atoms with van der Waals surface area (Å²) in [5.41, 5.74) is 1.89. The van der Waals surface area contributed by atoms with Crippen LogP contribution in [0.4, 0.5) is 10.1 Å². The van der Waals surface area contributed by atoms with Crippen molar-refractivity contribution in [1.82, 2.24) is 0 Å². The molecule has 166 valence electrons. The summed E-state index contributed by atoms with van der Waals surface area (Å²) in [5.74, 6) is -0.998. The second-order valence-electron chi connectivity index (χ2n) is 6.79. The number of amides is 1. The molecule has 0 aliphatic heterocycles. The van der Waals surface area contributed by atoms with E-state index in [9.17, 15) is 19.2 Å². The number of esters is 1. The molecule has 33 heavy (non-hydrogen) atoms. The zero-order valence-electron chi connectivity index (χ0n) is 17.5. The Kier molecular flexibility index (Phi) is 7.95. The Bertz CT molecular complexity index is 1230. The molecular weight excluding hydrogens is 491 g/mol. The Morgan fingerprint density at radius 1 is 1.09 bits per heavy atom. The van der Waals surface area contributed by atoms with Crippen LogP contribution in [0.3, 0.4) is 0 Å². The lowest BCUT2D eigenvalue weighted by atomic mass is 10.1. The number of halogens is 2. The summed E-state index contributed by atoms with van der Waals surface area (Å²) < 4.78 is 24.3. The minimum absolute atomic E-state index is 0.142. The molecule has 0 spiro atoms. The van der Waals surface area contributed by atoms with Crippen molar-refractivity contribution in [1.29, 1.82) is 5.26 Å². The molecule has 1 amide bonds. The maximum atomic E-state index is 13.1. The molecule has 0 saturated carbocycles. The summed E-state index contributed by atoms with van der Waals surface area (Å²) in [5, 5.41) is 12.2. The summed E-state index contributed by atoms with van der Waals surface area (Å²) in [6.07, 6.45) is 1.42. The molecule has 0 fully saturated rings. The zero-order valence-corrected chi connectivity index (χ0v) is 19.1. The molecule has 3 aromatic carbocycles. The predicted molar refractivity (Wildman–Crippen MR) is 125 cm³/mol. The smallest absolute Gasteiger partial charge is 0.337 e. The number of anilines is 1. The first-order chi connectivity index (χ1) is 15.9. The van der Waals surface area contributed by atoms with Gasteiger partial charge in [-0.2, -0.15) is 5.26 Å². The van der Waals surface area contributed by atoms with Crippen LogP contribution in [0, 0.1) is 17.1 Å². The Hall–Kier alpha value is -3.96. The molecule has 6 nitrogen and oxygen atoms in total. The molecule has 8 heteroatoms. The number of ether oxygens (including phenoxy) is 2. The number of nitriles is 1. The van der Waals surface area contributed by atoms with E-state index >= 15 is 0 Å². The van der Waals surface area contributed by atoms with Crippen molar-refractivity contribution in [2.24, 2.45) is 0 Å². The number of hydrogen-bond acceptors (Lipinski definition) is 5. The fraction of sp³-hybridized carbons (Fsp3) is 0.0800. The first-order valence-electron chi connectivity index (χ1n) is 9.68. The maximum absolute atomic E-state index is 13.1. The minimum Gasteiger partial charge on any atom is -0.488 e. The van der Waals surface area contributed by atoms with E-state index in [-0.39, 0.29) is 18.0 Å². The lowest BCUT2D eigenvalue weighted by molar-refractivity contribution is -0.112. The summed E-state index contributed by atoms with van der Waals surface area (Å²) in [7, 11) is 1.28. The summed E-state index contributed by atoms with van der Waals surface area (Å²) in [6.45, 7) is 0.184. The second kappa shape index (κ2) is 11.1. The third-order valence-electron chi connectivity index (χ3n) is 4.51. The molecule has 1 N–H and O–H groups in total. The van der Waals surface area contributed by atoms with Crippen LogP contribution >= 0.6 is 15.9 Å². The number of carbonyl (C=O) groups is 2. The SMILES string of the molecule is COC(=O)c1ccc(NC(=O)/C(C#N)=C/c2cc(Br)ccc2OCc2ccc(F)cc2)cc1. The number of methoxy groups -OCH3 is 1. The van der Waals surface area contributed by atoms with Crippen molar-refractivity contribution in [3.8, 4) is 11.8 Å². The van der Waals surface area contributed by atoms with Gasteiger partial charge in [0.25, 0.3) is 5.91 Å². The van der Waals surface area contributed by atoms with Gasteiger partial charge in [-0.1, -0.05) is 28.1 Å². The van der Waals surface area contributed by atoms with E-state index in [1.165, 1.54) is 49.6 Å². The fourth-order valence-corrected chi connectivity index (χ4v) is 3.19. The van der Waals surface area contributed by atoms with E-state index in [1.807, 2.05) is 6.07 Å². The first-order valence-corrected chi connectivity index (χ1v) is 10.5. The highest BCUT2D eigenvalue weighted by molar-refractivity contribution is 9.10. The fourth-order valence-electron chi connectivity index (χ4n) is 2.82. The molecule has 0 aliphatic rings. The van der Waals surface area contributed by atoms with Crippen molar-refractivity contribution in [2.45, 2.75) is 6.61 Å². The Labute approximate surface area is 198 Å². The largest absolute Gasteiger partial charge is 0.488 e.